The van der Waals surface area contributed by atoms with Gasteiger partial charge in [0.2, 0.25) is 0 Å². The molecule has 0 unspecified atom stereocenters. The average molecular weight is 363 g/mol. The van der Waals surface area contributed by atoms with Crippen molar-refractivity contribution < 1.29 is 24.0 Å². The summed E-state index contributed by atoms with van der Waals surface area (Å²) >= 11 is 0. The molecule has 2 amide bonds. The minimum atomic E-state index is -0.833. The van der Waals surface area contributed by atoms with Crippen molar-refractivity contribution in [2.75, 3.05) is 26.9 Å². The zero-order valence-corrected chi connectivity index (χ0v) is 14.9. The monoisotopic (exact) mass is 363 g/mol. The van der Waals surface area contributed by atoms with Crippen molar-refractivity contribution in [2.45, 2.75) is 19.9 Å². The van der Waals surface area contributed by atoms with Gasteiger partial charge < -0.3 is 14.8 Å². The largest absolute Gasteiger partial charge is 0.460 e. The van der Waals surface area contributed by atoms with Crippen LogP contribution in [0.5, 0.6) is 0 Å². The van der Waals surface area contributed by atoms with Crippen LogP contribution in [0.4, 0.5) is 10.5 Å². The maximum absolute atomic E-state index is 12.6. The zero-order chi connectivity index (χ0) is 19.3. The van der Waals surface area contributed by atoms with Crippen LogP contribution < -0.4 is 5.32 Å². The second-order valence-corrected chi connectivity index (χ2v) is 5.61. The molecule has 9 nitrogen and oxygen atoms in total. The third-order valence-corrected chi connectivity index (χ3v) is 4.07. The van der Waals surface area contributed by atoms with Crippen molar-refractivity contribution in [1.29, 1.82) is 0 Å². The lowest BCUT2D eigenvalue weighted by molar-refractivity contribution is -0.384. The Balaban J connectivity index is 2.46. The number of nitro groups is 1. The van der Waals surface area contributed by atoms with Gasteiger partial charge in [0.15, 0.2) is 0 Å². The quantitative estimate of drug-likeness (QED) is 0.344. The van der Waals surface area contributed by atoms with Gasteiger partial charge in [-0.3, -0.25) is 15.0 Å². The molecule has 0 saturated carbocycles. The summed E-state index contributed by atoms with van der Waals surface area (Å²) in [4.78, 5) is 36.9. The van der Waals surface area contributed by atoms with Gasteiger partial charge in [-0.05, 0) is 19.4 Å². The highest BCUT2D eigenvalue weighted by molar-refractivity contribution is 5.95. The summed E-state index contributed by atoms with van der Waals surface area (Å²) in [6.07, 6.45) is 0. The summed E-state index contributed by atoms with van der Waals surface area (Å²) in [5.74, 6) is -0.602. The normalized spacial score (nSPS) is 17.1. The van der Waals surface area contributed by atoms with Crippen LogP contribution in [0.2, 0.25) is 0 Å². The number of methoxy groups -OCH3 is 1. The van der Waals surface area contributed by atoms with E-state index in [4.69, 9.17) is 9.47 Å². The maximum atomic E-state index is 12.6. The second-order valence-electron chi connectivity index (χ2n) is 5.61. The van der Waals surface area contributed by atoms with Gasteiger partial charge in [-0.2, -0.15) is 0 Å². The molecule has 1 aliphatic rings. The molecule has 1 heterocycles. The van der Waals surface area contributed by atoms with Crippen LogP contribution in [0.1, 0.15) is 25.5 Å². The lowest BCUT2D eigenvalue weighted by Gasteiger charge is -2.34. The first-order chi connectivity index (χ1) is 12.4. The Morgan fingerprint density at radius 3 is 2.73 bits per heavy atom. The fraction of sp³-hybridized carbons (Fsp3) is 0.412. The number of allylic oxidation sites excluding steroid dienone is 1. The summed E-state index contributed by atoms with van der Waals surface area (Å²) < 4.78 is 10.1. The fourth-order valence-corrected chi connectivity index (χ4v) is 2.79. The number of amides is 2. The SMILES string of the molecule is CCN1C(=O)N[C@H](c2cccc([N+](=O)[O-])c2)C(C(=O)OCCOC)=C1C. The molecule has 1 N–H and O–H groups in total. The zero-order valence-electron chi connectivity index (χ0n) is 14.9. The van der Waals surface area contributed by atoms with E-state index >= 15 is 0 Å². The van der Waals surface area contributed by atoms with E-state index in [0.29, 0.717) is 17.8 Å². The molecule has 0 aliphatic carbocycles. The Hall–Kier alpha value is -2.94. The standard InChI is InChI=1S/C17H21N3O6/c1-4-19-11(2)14(16(21)26-9-8-25-3)15(18-17(19)22)12-6-5-7-13(10-12)20(23)24/h5-7,10,15H,4,8-9H2,1-3H3,(H,18,22)/t15-/m1/s1. The van der Waals surface area contributed by atoms with Crippen molar-refractivity contribution >= 4 is 17.7 Å². The number of carbonyl (C=O) groups is 2. The Morgan fingerprint density at radius 2 is 2.12 bits per heavy atom. The highest BCUT2D eigenvalue weighted by Crippen LogP contribution is 2.32. The number of hydrogen-bond acceptors (Lipinski definition) is 6. The molecule has 9 heteroatoms. The number of nitrogens with one attached hydrogen (secondary N) is 1. The minimum absolute atomic E-state index is 0.0633. The maximum Gasteiger partial charge on any atom is 0.338 e. The average Bonchev–Trinajstić information content (AvgIpc) is 2.61. The van der Waals surface area contributed by atoms with Crippen LogP contribution in [0.15, 0.2) is 35.5 Å². The van der Waals surface area contributed by atoms with Crippen molar-refractivity contribution in [2.24, 2.45) is 0 Å². The number of ether oxygens (including phenoxy) is 2. The topological polar surface area (TPSA) is 111 Å². The smallest absolute Gasteiger partial charge is 0.338 e. The van der Waals surface area contributed by atoms with E-state index in [0.717, 1.165) is 0 Å². The van der Waals surface area contributed by atoms with Gasteiger partial charge in [0, 0.05) is 31.5 Å². The molecule has 0 bridgehead atoms. The summed E-state index contributed by atoms with van der Waals surface area (Å²) in [6, 6.07) is 4.60. The van der Waals surface area contributed by atoms with Gasteiger partial charge in [0.05, 0.1) is 23.1 Å². The van der Waals surface area contributed by atoms with Gasteiger partial charge >= 0.3 is 12.0 Å². The van der Waals surface area contributed by atoms with Crippen LogP contribution in [0.3, 0.4) is 0 Å². The summed E-state index contributed by atoms with van der Waals surface area (Å²) in [6.45, 7) is 4.11. The van der Waals surface area contributed by atoms with E-state index in [-0.39, 0.29) is 30.5 Å². The van der Waals surface area contributed by atoms with E-state index in [9.17, 15) is 19.7 Å². The number of nitro benzene ring substituents is 1. The number of benzene rings is 1. The Kier molecular flexibility index (Phi) is 6.29. The predicted molar refractivity (Wildman–Crippen MR) is 92.3 cm³/mol. The number of nitrogens with zero attached hydrogens (tertiary/aromatic N) is 2. The van der Waals surface area contributed by atoms with E-state index in [1.165, 1.54) is 30.2 Å². The fourth-order valence-electron chi connectivity index (χ4n) is 2.79. The van der Waals surface area contributed by atoms with E-state index < -0.39 is 16.9 Å². The third-order valence-electron chi connectivity index (χ3n) is 4.07. The van der Waals surface area contributed by atoms with Gasteiger partial charge in [-0.1, -0.05) is 12.1 Å². The van der Waals surface area contributed by atoms with Crippen LogP contribution in [-0.2, 0) is 14.3 Å². The van der Waals surface area contributed by atoms with Gasteiger partial charge in [-0.25, -0.2) is 9.59 Å². The Labute approximate surface area is 150 Å². The number of carbonyl (C=O) groups excluding carboxylic acids is 2. The number of non-ortho nitro benzene ring substituents is 1. The number of esters is 1. The minimum Gasteiger partial charge on any atom is -0.460 e. The van der Waals surface area contributed by atoms with Gasteiger partial charge in [-0.15, -0.1) is 0 Å². The Bertz CT molecular complexity index is 746. The van der Waals surface area contributed by atoms with E-state index in [1.807, 2.05) is 0 Å². The van der Waals surface area contributed by atoms with E-state index in [2.05, 4.69) is 5.32 Å². The first-order valence-corrected chi connectivity index (χ1v) is 8.09. The molecule has 1 aromatic carbocycles. The molecule has 0 spiro atoms. The lowest BCUT2D eigenvalue weighted by Crippen LogP contribution is -2.47. The van der Waals surface area contributed by atoms with Crippen LogP contribution in [0.25, 0.3) is 0 Å². The van der Waals surface area contributed by atoms with Crippen molar-refractivity contribution in [3.8, 4) is 0 Å². The molecule has 26 heavy (non-hydrogen) atoms. The molecular weight excluding hydrogens is 342 g/mol. The molecule has 0 aromatic heterocycles. The third kappa shape index (κ3) is 3.99. The van der Waals surface area contributed by atoms with Crippen molar-refractivity contribution in [3.63, 3.8) is 0 Å². The highest BCUT2D eigenvalue weighted by atomic mass is 16.6. The summed E-state index contributed by atoms with van der Waals surface area (Å²) in [5.41, 5.74) is 0.999. The van der Waals surface area contributed by atoms with Crippen LogP contribution >= 0.6 is 0 Å². The van der Waals surface area contributed by atoms with E-state index in [1.54, 1.807) is 19.9 Å². The molecular formula is C17H21N3O6. The van der Waals surface area contributed by atoms with Crippen LogP contribution in [-0.4, -0.2) is 48.7 Å². The van der Waals surface area contributed by atoms with Crippen molar-refractivity contribution in [3.05, 3.63) is 51.2 Å². The molecule has 2 rings (SSSR count). The van der Waals surface area contributed by atoms with Gasteiger partial charge in [0.25, 0.3) is 5.69 Å². The Morgan fingerprint density at radius 1 is 1.38 bits per heavy atom. The molecule has 1 aromatic rings. The second kappa shape index (κ2) is 8.43. The number of hydrogen-bond donors (Lipinski definition) is 1. The molecule has 1 aliphatic heterocycles. The molecule has 140 valence electrons. The molecule has 0 radical (unpaired) electrons. The first-order valence-electron chi connectivity index (χ1n) is 8.09. The number of urea groups is 1. The van der Waals surface area contributed by atoms with Gasteiger partial charge in [0.1, 0.15) is 6.61 Å². The number of rotatable bonds is 7. The molecule has 0 fully saturated rings. The van der Waals surface area contributed by atoms with Crippen LogP contribution in [0, 0.1) is 10.1 Å². The summed E-state index contributed by atoms with van der Waals surface area (Å²) in [5, 5.41) is 13.8. The van der Waals surface area contributed by atoms with Crippen molar-refractivity contribution in [1.82, 2.24) is 10.2 Å². The lowest BCUT2D eigenvalue weighted by atomic mass is 9.94. The predicted octanol–water partition coefficient (Wildman–Crippen LogP) is 2.14. The first kappa shape index (κ1) is 19.4. The highest BCUT2D eigenvalue weighted by Gasteiger charge is 2.36. The summed E-state index contributed by atoms with van der Waals surface area (Å²) in [7, 11) is 1.49. The molecule has 1 atom stereocenters. The molecule has 0 saturated heterocycles.